The molecular formula is C17H13BrN2O3S. The molecule has 5 nitrogen and oxygen atoms in total. The summed E-state index contributed by atoms with van der Waals surface area (Å²) in [5, 5.41) is 11.3. The molecule has 0 fully saturated rings. The van der Waals surface area contributed by atoms with Gasteiger partial charge in [-0.1, -0.05) is 28.1 Å². The predicted octanol–water partition coefficient (Wildman–Crippen LogP) is 3.65. The molecule has 0 saturated carbocycles. The van der Waals surface area contributed by atoms with Crippen molar-refractivity contribution in [3.63, 3.8) is 0 Å². The molecule has 122 valence electrons. The summed E-state index contributed by atoms with van der Waals surface area (Å²) in [5.74, 6) is -2.14. The number of thiazole rings is 1. The summed E-state index contributed by atoms with van der Waals surface area (Å²) < 4.78 is 5.84. The van der Waals surface area contributed by atoms with Crippen LogP contribution in [0.15, 0.2) is 40.2 Å². The first-order chi connectivity index (χ1) is 11.5. The molecule has 0 saturated heterocycles. The van der Waals surface area contributed by atoms with Gasteiger partial charge in [0.2, 0.25) is 0 Å². The average Bonchev–Trinajstić information content (AvgIpc) is 2.99. The third kappa shape index (κ3) is 5.11. The van der Waals surface area contributed by atoms with Crippen molar-refractivity contribution in [2.75, 3.05) is 6.61 Å². The van der Waals surface area contributed by atoms with Gasteiger partial charge in [-0.05, 0) is 30.7 Å². The first-order valence-corrected chi connectivity index (χ1v) is 8.61. The number of esters is 1. The van der Waals surface area contributed by atoms with Crippen LogP contribution in [0.25, 0.3) is 6.08 Å². The first kappa shape index (κ1) is 18.0. The fraction of sp³-hybridized carbons (Fsp3) is 0.176. The van der Waals surface area contributed by atoms with E-state index in [-0.39, 0.29) is 0 Å². The van der Waals surface area contributed by atoms with Crippen molar-refractivity contribution in [2.45, 2.75) is 12.8 Å². The Bertz CT molecular complexity index is 806. The lowest BCUT2D eigenvalue weighted by atomic mass is 10.1. The number of hydrogen-bond acceptors (Lipinski definition) is 6. The highest BCUT2D eigenvalue weighted by molar-refractivity contribution is 9.10. The van der Waals surface area contributed by atoms with E-state index in [0.29, 0.717) is 5.01 Å². The third-order valence-corrected chi connectivity index (χ3v) is 4.53. The molecule has 0 aliphatic rings. The molecule has 1 aromatic carbocycles. The summed E-state index contributed by atoms with van der Waals surface area (Å²) in [6, 6.07) is 9.26. The zero-order valence-electron chi connectivity index (χ0n) is 12.7. The molecule has 24 heavy (non-hydrogen) atoms. The summed E-state index contributed by atoms with van der Waals surface area (Å²) in [6.45, 7) is 1.33. The Morgan fingerprint density at radius 2 is 2.12 bits per heavy atom. The highest BCUT2D eigenvalue weighted by atomic mass is 79.9. The fourth-order valence-electron chi connectivity index (χ4n) is 1.78. The maximum absolute atomic E-state index is 12.0. The van der Waals surface area contributed by atoms with Gasteiger partial charge in [0.15, 0.2) is 18.3 Å². The Morgan fingerprint density at radius 3 is 2.71 bits per heavy atom. The SMILES string of the molecule is Cc1csc([C@@H](C#N)C(=O)COC(=O)/C=C/c2ccc(Br)cc2)n1. The van der Waals surface area contributed by atoms with Gasteiger partial charge in [0.05, 0.1) is 6.07 Å². The number of hydrogen-bond donors (Lipinski definition) is 0. The van der Waals surface area contributed by atoms with Gasteiger partial charge in [0.1, 0.15) is 5.01 Å². The highest BCUT2D eigenvalue weighted by Gasteiger charge is 2.24. The van der Waals surface area contributed by atoms with Gasteiger partial charge in [0.25, 0.3) is 0 Å². The van der Waals surface area contributed by atoms with E-state index in [0.717, 1.165) is 15.7 Å². The van der Waals surface area contributed by atoms with Crippen LogP contribution in [0, 0.1) is 18.3 Å². The first-order valence-electron chi connectivity index (χ1n) is 6.94. The van der Waals surface area contributed by atoms with Gasteiger partial charge < -0.3 is 4.74 Å². The molecule has 2 aromatic rings. The number of carbonyl (C=O) groups is 2. The maximum atomic E-state index is 12.0. The Morgan fingerprint density at radius 1 is 1.42 bits per heavy atom. The van der Waals surface area contributed by atoms with E-state index >= 15 is 0 Å². The van der Waals surface area contributed by atoms with Crippen LogP contribution < -0.4 is 0 Å². The van der Waals surface area contributed by atoms with E-state index in [9.17, 15) is 9.59 Å². The number of Topliss-reactive ketones (excluding diaryl/α,β-unsaturated/α-hetero) is 1. The second kappa shape index (κ2) is 8.52. The number of carbonyl (C=O) groups excluding carboxylic acids is 2. The summed E-state index contributed by atoms with van der Waals surface area (Å²) >= 11 is 4.56. The summed E-state index contributed by atoms with van der Waals surface area (Å²) in [4.78, 5) is 27.8. The van der Waals surface area contributed by atoms with Gasteiger partial charge in [-0.2, -0.15) is 5.26 Å². The molecule has 1 aromatic heterocycles. The van der Waals surface area contributed by atoms with Gasteiger partial charge >= 0.3 is 5.97 Å². The molecule has 0 unspecified atom stereocenters. The number of benzene rings is 1. The Hall–Kier alpha value is -2.30. The molecule has 7 heteroatoms. The molecule has 0 aliphatic heterocycles. The number of halogens is 1. The number of nitriles is 1. The van der Waals surface area contributed by atoms with Crippen molar-refractivity contribution in [3.8, 4) is 6.07 Å². The molecule has 0 radical (unpaired) electrons. The van der Waals surface area contributed by atoms with Gasteiger partial charge in [0, 0.05) is 21.6 Å². The average molecular weight is 405 g/mol. The molecule has 0 bridgehead atoms. The molecule has 1 heterocycles. The number of ether oxygens (including phenoxy) is 1. The summed E-state index contributed by atoms with van der Waals surface area (Å²) in [7, 11) is 0. The van der Waals surface area contributed by atoms with E-state index < -0.39 is 24.3 Å². The third-order valence-electron chi connectivity index (χ3n) is 2.97. The fourth-order valence-corrected chi connectivity index (χ4v) is 2.91. The van der Waals surface area contributed by atoms with Crippen molar-refractivity contribution >= 4 is 45.1 Å². The molecule has 0 amide bonds. The van der Waals surface area contributed by atoms with Crippen LogP contribution >= 0.6 is 27.3 Å². The van der Waals surface area contributed by atoms with Crippen LogP contribution in [-0.2, 0) is 14.3 Å². The minimum atomic E-state index is -1.01. The molecular weight excluding hydrogens is 392 g/mol. The largest absolute Gasteiger partial charge is 0.454 e. The number of rotatable bonds is 6. The van der Waals surface area contributed by atoms with Crippen LogP contribution in [-0.4, -0.2) is 23.3 Å². The minimum absolute atomic E-state index is 0.418. The summed E-state index contributed by atoms with van der Waals surface area (Å²) in [6.07, 6.45) is 2.83. The topological polar surface area (TPSA) is 80.0 Å². The second-order valence-corrected chi connectivity index (χ2v) is 6.65. The van der Waals surface area contributed by atoms with Gasteiger partial charge in [-0.25, -0.2) is 9.78 Å². The lowest BCUT2D eigenvalue weighted by Gasteiger charge is -2.05. The lowest BCUT2D eigenvalue weighted by molar-refractivity contribution is -0.143. The minimum Gasteiger partial charge on any atom is -0.454 e. The Labute approximate surface area is 151 Å². The molecule has 2 rings (SSSR count). The lowest BCUT2D eigenvalue weighted by Crippen LogP contribution is -2.19. The quantitative estimate of drug-likeness (QED) is 0.542. The number of ketones is 1. The smallest absolute Gasteiger partial charge is 0.331 e. The zero-order chi connectivity index (χ0) is 17.5. The van der Waals surface area contributed by atoms with Gasteiger partial charge in [-0.15, -0.1) is 11.3 Å². The van der Waals surface area contributed by atoms with E-state index in [1.165, 1.54) is 17.4 Å². The van der Waals surface area contributed by atoms with Crippen LogP contribution in [0.5, 0.6) is 0 Å². The van der Waals surface area contributed by atoms with Crippen molar-refractivity contribution in [3.05, 3.63) is 56.5 Å². The van der Waals surface area contributed by atoms with Crippen LogP contribution in [0.2, 0.25) is 0 Å². The number of aryl methyl sites for hydroxylation is 1. The normalized spacial score (nSPS) is 11.9. The molecule has 0 aliphatic carbocycles. The van der Waals surface area contributed by atoms with Gasteiger partial charge in [-0.3, -0.25) is 4.79 Å². The van der Waals surface area contributed by atoms with Crippen LogP contribution in [0.4, 0.5) is 0 Å². The van der Waals surface area contributed by atoms with Crippen LogP contribution in [0.3, 0.4) is 0 Å². The molecule has 0 spiro atoms. The van der Waals surface area contributed by atoms with E-state index in [4.69, 9.17) is 10.00 Å². The molecule has 1 atom stereocenters. The monoisotopic (exact) mass is 404 g/mol. The standard InChI is InChI=1S/C17H13BrN2O3S/c1-11-10-24-17(20-11)14(8-19)15(21)9-23-16(22)7-4-12-2-5-13(18)6-3-12/h2-7,10,14H,9H2,1H3/b7-4+/t14-/m0/s1. The highest BCUT2D eigenvalue weighted by Crippen LogP contribution is 2.20. The van der Waals surface area contributed by atoms with Crippen LogP contribution in [0.1, 0.15) is 22.2 Å². The van der Waals surface area contributed by atoms with E-state index in [1.54, 1.807) is 18.4 Å². The number of nitrogens with zero attached hydrogens (tertiary/aromatic N) is 2. The Balaban J connectivity index is 1.89. The van der Waals surface area contributed by atoms with E-state index in [1.807, 2.05) is 30.3 Å². The predicted molar refractivity (Wildman–Crippen MR) is 94.3 cm³/mol. The zero-order valence-corrected chi connectivity index (χ0v) is 15.1. The second-order valence-electron chi connectivity index (χ2n) is 4.85. The van der Waals surface area contributed by atoms with E-state index in [2.05, 4.69) is 20.9 Å². The number of aromatic nitrogens is 1. The molecule has 0 N–H and O–H groups in total. The Kier molecular flexibility index (Phi) is 6.41. The van der Waals surface area contributed by atoms with Crippen molar-refractivity contribution in [2.24, 2.45) is 0 Å². The maximum Gasteiger partial charge on any atom is 0.331 e. The van der Waals surface area contributed by atoms with Crippen molar-refractivity contribution in [1.82, 2.24) is 4.98 Å². The van der Waals surface area contributed by atoms with Crippen molar-refractivity contribution < 1.29 is 14.3 Å². The summed E-state index contributed by atoms with van der Waals surface area (Å²) in [5.41, 5.74) is 1.58. The van der Waals surface area contributed by atoms with Crippen molar-refractivity contribution in [1.29, 1.82) is 5.26 Å².